The first kappa shape index (κ1) is 20.9. The summed E-state index contributed by atoms with van der Waals surface area (Å²) in [5, 5.41) is 5.26. The molecule has 8 heteroatoms. The SMILES string of the molecule is CCC(CC)NC(=O)CC(=O)NC(COC(C)=O)COC(C)=O. The minimum Gasteiger partial charge on any atom is -0.464 e. The van der Waals surface area contributed by atoms with Crippen LogP contribution in [0.3, 0.4) is 0 Å². The Bertz CT molecular complexity index is 402. The minimum absolute atomic E-state index is 0.0354. The zero-order chi connectivity index (χ0) is 17.8. The normalized spacial score (nSPS) is 10.3. The summed E-state index contributed by atoms with van der Waals surface area (Å²) in [7, 11) is 0. The predicted molar refractivity (Wildman–Crippen MR) is 82.3 cm³/mol. The molecule has 0 unspecified atom stereocenters. The van der Waals surface area contributed by atoms with Crippen LogP contribution in [-0.2, 0) is 28.7 Å². The number of carbonyl (C=O) groups excluding carboxylic acids is 4. The van der Waals surface area contributed by atoms with Crippen molar-refractivity contribution in [2.75, 3.05) is 13.2 Å². The third-order valence-electron chi connectivity index (χ3n) is 3.01. The van der Waals surface area contributed by atoms with Gasteiger partial charge < -0.3 is 20.1 Å². The molecule has 0 aromatic carbocycles. The van der Waals surface area contributed by atoms with E-state index in [1.54, 1.807) is 0 Å². The van der Waals surface area contributed by atoms with E-state index in [-0.39, 0.29) is 31.6 Å². The highest BCUT2D eigenvalue weighted by Gasteiger charge is 2.18. The molecular formula is C15H26N2O6. The van der Waals surface area contributed by atoms with E-state index in [0.29, 0.717) is 0 Å². The summed E-state index contributed by atoms with van der Waals surface area (Å²) < 4.78 is 9.59. The Hall–Kier alpha value is -2.12. The highest BCUT2D eigenvalue weighted by atomic mass is 16.5. The lowest BCUT2D eigenvalue weighted by Crippen LogP contribution is -2.44. The van der Waals surface area contributed by atoms with Gasteiger partial charge in [-0.05, 0) is 12.8 Å². The van der Waals surface area contributed by atoms with Gasteiger partial charge in [0, 0.05) is 19.9 Å². The molecule has 8 nitrogen and oxygen atoms in total. The third kappa shape index (κ3) is 11.1. The molecule has 0 aromatic heterocycles. The largest absolute Gasteiger partial charge is 0.464 e. The summed E-state index contributed by atoms with van der Waals surface area (Å²) in [4.78, 5) is 45.3. The van der Waals surface area contributed by atoms with E-state index in [1.165, 1.54) is 13.8 Å². The molecule has 2 N–H and O–H groups in total. The molecule has 132 valence electrons. The fourth-order valence-electron chi connectivity index (χ4n) is 1.76. The van der Waals surface area contributed by atoms with Crippen LogP contribution >= 0.6 is 0 Å². The Morgan fingerprint density at radius 2 is 1.17 bits per heavy atom. The van der Waals surface area contributed by atoms with Gasteiger partial charge in [-0.25, -0.2) is 0 Å². The van der Waals surface area contributed by atoms with Crippen molar-refractivity contribution in [3.8, 4) is 0 Å². The van der Waals surface area contributed by atoms with Crippen LogP contribution in [-0.4, -0.2) is 49.1 Å². The number of hydrogen-bond acceptors (Lipinski definition) is 6. The standard InChI is InChI=1S/C15H26N2O6/c1-5-12(6-2)16-14(20)7-15(21)17-13(8-22-10(3)18)9-23-11(4)19/h12-13H,5-9H2,1-4H3,(H,16,20)(H,17,21). The zero-order valence-corrected chi connectivity index (χ0v) is 14.1. The number of carbonyl (C=O) groups is 4. The maximum Gasteiger partial charge on any atom is 0.302 e. The molecule has 0 atom stereocenters. The molecule has 2 amide bonds. The van der Waals surface area contributed by atoms with Crippen molar-refractivity contribution < 1.29 is 28.7 Å². The summed E-state index contributed by atoms with van der Waals surface area (Å²) in [6.07, 6.45) is 1.23. The van der Waals surface area contributed by atoms with E-state index < -0.39 is 23.9 Å². The number of hydrogen-bond donors (Lipinski definition) is 2. The Morgan fingerprint density at radius 3 is 1.52 bits per heavy atom. The van der Waals surface area contributed by atoms with Crippen molar-refractivity contribution in [1.29, 1.82) is 0 Å². The first-order valence-electron chi connectivity index (χ1n) is 7.63. The summed E-state index contributed by atoms with van der Waals surface area (Å²) >= 11 is 0. The minimum atomic E-state index is -0.698. The van der Waals surface area contributed by atoms with Gasteiger partial charge in [-0.2, -0.15) is 0 Å². The van der Waals surface area contributed by atoms with Crippen molar-refractivity contribution >= 4 is 23.8 Å². The smallest absolute Gasteiger partial charge is 0.302 e. The van der Waals surface area contributed by atoms with E-state index in [0.717, 1.165) is 12.8 Å². The second-order valence-electron chi connectivity index (χ2n) is 5.13. The molecule has 0 saturated heterocycles. The average Bonchev–Trinajstić information content (AvgIpc) is 2.47. The van der Waals surface area contributed by atoms with Gasteiger partial charge in [0.15, 0.2) is 0 Å². The molecule has 0 spiro atoms. The van der Waals surface area contributed by atoms with Crippen LogP contribution in [0.2, 0.25) is 0 Å². The van der Waals surface area contributed by atoms with Crippen molar-refractivity contribution in [3.05, 3.63) is 0 Å². The first-order chi connectivity index (χ1) is 10.8. The molecule has 0 saturated carbocycles. The van der Waals surface area contributed by atoms with Gasteiger partial charge in [-0.3, -0.25) is 19.2 Å². The second kappa shape index (κ2) is 11.4. The Morgan fingerprint density at radius 1 is 0.783 bits per heavy atom. The summed E-state index contributed by atoms with van der Waals surface area (Å²) in [5.74, 6) is -1.94. The molecule has 0 aliphatic carbocycles. The van der Waals surface area contributed by atoms with E-state index in [2.05, 4.69) is 10.6 Å². The molecule has 0 aromatic rings. The van der Waals surface area contributed by atoms with Crippen molar-refractivity contribution in [1.82, 2.24) is 10.6 Å². The van der Waals surface area contributed by atoms with Gasteiger partial charge in [0.05, 0.1) is 6.04 Å². The fourth-order valence-corrected chi connectivity index (χ4v) is 1.76. The van der Waals surface area contributed by atoms with Crippen LogP contribution in [0.15, 0.2) is 0 Å². The van der Waals surface area contributed by atoms with Crippen LogP contribution < -0.4 is 10.6 Å². The van der Waals surface area contributed by atoms with Gasteiger partial charge in [0.1, 0.15) is 19.6 Å². The van der Waals surface area contributed by atoms with Gasteiger partial charge in [0.25, 0.3) is 0 Å². The van der Waals surface area contributed by atoms with E-state index >= 15 is 0 Å². The highest BCUT2D eigenvalue weighted by molar-refractivity contribution is 5.97. The number of ether oxygens (including phenoxy) is 2. The Kier molecular flexibility index (Phi) is 10.4. The van der Waals surface area contributed by atoms with Gasteiger partial charge in [-0.1, -0.05) is 13.8 Å². The number of rotatable bonds is 10. The van der Waals surface area contributed by atoms with Crippen LogP contribution in [0.25, 0.3) is 0 Å². The topological polar surface area (TPSA) is 111 Å². The maximum atomic E-state index is 11.9. The lowest BCUT2D eigenvalue weighted by Gasteiger charge is -2.19. The van der Waals surface area contributed by atoms with Crippen molar-refractivity contribution in [3.63, 3.8) is 0 Å². The van der Waals surface area contributed by atoms with Crippen LogP contribution in [0.1, 0.15) is 47.0 Å². The Labute approximate surface area is 136 Å². The molecule has 0 aliphatic rings. The van der Waals surface area contributed by atoms with E-state index in [4.69, 9.17) is 9.47 Å². The molecule has 0 heterocycles. The van der Waals surface area contributed by atoms with E-state index in [1.807, 2.05) is 13.8 Å². The van der Waals surface area contributed by atoms with Crippen LogP contribution in [0.4, 0.5) is 0 Å². The number of nitrogens with one attached hydrogen (secondary N) is 2. The molecule has 0 bridgehead atoms. The summed E-state index contributed by atoms with van der Waals surface area (Å²) in [6.45, 7) is 6.08. The average molecular weight is 330 g/mol. The zero-order valence-electron chi connectivity index (χ0n) is 14.1. The quantitative estimate of drug-likeness (QED) is 0.440. The summed E-state index contributed by atoms with van der Waals surface area (Å²) in [6, 6.07) is -0.663. The van der Waals surface area contributed by atoms with Gasteiger partial charge in [0.2, 0.25) is 11.8 Å². The van der Waals surface area contributed by atoms with Crippen molar-refractivity contribution in [2.45, 2.75) is 59.0 Å². The number of esters is 2. The van der Waals surface area contributed by atoms with Gasteiger partial charge in [-0.15, -0.1) is 0 Å². The Balaban J connectivity index is 4.41. The van der Waals surface area contributed by atoms with Crippen LogP contribution in [0, 0.1) is 0 Å². The lowest BCUT2D eigenvalue weighted by atomic mass is 10.1. The first-order valence-corrected chi connectivity index (χ1v) is 7.63. The molecular weight excluding hydrogens is 304 g/mol. The maximum absolute atomic E-state index is 11.9. The third-order valence-corrected chi connectivity index (χ3v) is 3.01. The fraction of sp³-hybridized carbons (Fsp3) is 0.733. The molecule has 0 aliphatic heterocycles. The monoisotopic (exact) mass is 330 g/mol. The molecule has 0 fully saturated rings. The molecule has 0 rings (SSSR count). The van der Waals surface area contributed by atoms with E-state index in [9.17, 15) is 19.2 Å². The number of amides is 2. The predicted octanol–water partition coefficient (Wildman–Crippen LogP) is 0.292. The highest BCUT2D eigenvalue weighted by Crippen LogP contribution is 1.97. The van der Waals surface area contributed by atoms with Gasteiger partial charge >= 0.3 is 11.9 Å². The second-order valence-corrected chi connectivity index (χ2v) is 5.13. The van der Waals surface area contributed by atoms with Crippen LogP contribution in [0.5, 0.6) is 0 Å². The molecule has 23 heavy (non-hydrogen) atoms. The molecule has 0 radical (unpaired) electrons. The van der Waals surface area contributed by atoms with Crippen molar-refractivity contribution in [2.24, 2.45) is 0 Å². The lowest BCUT2D eigenvalue weighted by molar-refractivity contribution is -0.146. The summed E-state index contributed by atoms with van der Waals surface area (Å²) in [5.41, 5.74) is 0.